The fourth-order valence-corrected chi connectivity index (χ4v) is 1.94. The molecule has 19 heavy (non-hydrogen) atoms. The molecule has 1 heterocycles. The highest BCUT2D eigenvalue weighted by Crippen LogP contribution is 2.17. The molecule has 1 aliphatic rings. The number of benzene rings is 1. The normalized spacial score (nSPS) is 16.8. The van der Waals surface area contributed by atoms with Gasteiger partial charge in [0.05, 0.1) is 12.5 Å². The summed E-state index contributed by atoms with van der Waals surface area (Å²) in [4.78, 5) is 24.1. The highest BCUT2D eigenvalue weighted by Gasteiger charge is 2.37. The molecule has 1 amide bonds. The van der Waals surface area contributed by atoms with Crippen LogP contribution < -0.4 is 0 Å². The highest BCUT2D eigenvalue weighted by molar-refractivity contribution is 5.83. The number of carboxylic acid groups (broad SMARTS) is 1. The first-order valence-corrected chi connectivity index (χ1v) is 6.25. The number of hydrogen-bond acceptors (Lipinski definition) is 3. The molecule has 1 aliphatic heterocycles. The number of likely N-dealkylation sites (tertiary alicyclic amines) is 1. The van der Waals surface area contributed by atoms with E-state index >= 15 is 0 Å². The number of carbonyl (C=O) groups excluding carboxylic acids is 1. The molecule has 0 bridgehead atoms. The first-order chi connectivity index (χ1) is 9.08. The summed E-state index contributed by atoms with van der Waals surface area (Å²) in [7, 11) is 0. The maximum Gasteiger partial charge on any atom is 0.310 e. The molecule has 1 unspecified atom stereocenters. The van der Waals surface area contributed by atoms with E-state index in [-0.39, 0.29) is 19.0 Å². The van der Waals surface area contributed by atoms with Gasteiger partial charge in [-0.25, -0.2) is 0 Å². The Bertz CT molecular complexity index is 454. The van der Waals surface area contributed by atoms with Crippen LogP contribution in [0.3, 0.4) is 0 Å². The molecule has 2 rings (SSSR count). The molecule has 5 nitrogen and oxygen atoms in total. The molecule has 1 aromatic rings. The van der Waals surface area contributed by atoms with Gasteiger partial charge in [-0.15, -0.1) is 0 Å². The lowest BCUT2D eigenvalue weighted by Gasteiger charge is -2.38. The van der Waals surface area contributed by atoms with Crippen molar-refractivity contribution in [3.63, 3.8) is 0 Å². The van der Waals surface area contributed by atoms with Crippen molar-refractivity contribution in [3.05, 3.63) is 35.9 Å². The van der Waals surface area contributed by atoms with Gasteiger partial charge in [-0.1, -0.05) is 30.3 Å². The number of amides is 1. The van der Waals surface area contributed by atoms with Crippen LogP contribution >= 0.6 is 0 Å². The van der Waals surface area contributed by atoms with Crippen LogP contribution in [0.25, 0.3) is 0 Å². The Morgan fingerprint density at radius 3 is 2.58 bits per heavy atom. The van der Waals surface area contributed by atoms with Crippen molar-refractivity contribution in [1.29, 1.82) is 0 Å². The van der Waals surface area contributed by atoms with Gasteiger partial charge in [-0.3, -0.25) is 9.59 Å². The van der Waals surface area contributed by atoms with E-state index in [9.17, 15) is 9.59 Å². The topological polar surface area (TPSA) is 66.8 Å². The van der Waals surface area contributed by atoms with Crippen LogP contribution in [-0.4, -0.2) is 41.1 Å². The number of rotatable bonds is 5. The molecule has 1 fully saturated rings. The number of hydrogen-bond donors (Lipinski definition) is 1. The molecule has 1 saturated heterocycles. The van der Waals surface area contributed by atoms with Crippen molar-refractivity contribution >= 4 is 11.9 Å². The van der Waals surface area contributed by atoms with Crippen molar-refractivity contribution in [2.24, 2.45) is 5.92 Å². The minimum Gasteiger partial charge on any atom is -0.481 e. The summed E-state index contributed by atoms with van der Waals surface area (Å²) in [5.41, 5.74) is 1.01. The predicted molar refractivity (Wildman–Crippen MR) is 68.4 cm³/mol. The van der Waals surface area contributed by atoms with Crippen molar-refractivity contribution < 1.29 is 19.4 Å². The zero-order chi connectivity index (χ0) is 13.8. The van der Waals surface area contributed by atoms with E-state index in [2.05, 4.69) is 0 Å². The third kappa shape index (κ3) is 3.32. The Hall–Kier alpha value is -1.88. The van der Waals surface area contributed by atoms with Gasteiger partial charge in [0.15, 0.2) is 0 Å². The van der Waals surface area contributed by atoms with Crippen LogP contribution in [0.5, 0.6) is 0 Å². The van der Waals surface area contributed by atoms with Crippen molar-refractivity contribution in [1.82, 2.24) is 4.90 Å². The third-order valence-corrected chi connectivity index (χ3v) is 3.23. The standard InChI is InChI=1S/C14H17NO4/c1-10(19-9-11-5-3-2-4-6-11)13(16)15-7-12(8-15)14(17)18/h2-6,10,12H,7-9H2,1H3,(H,17,18). The van der Waals surface area contributed by atoms with Gasteiger partial charge >= 0.3 is 5.97 Å². The van der Waals surface area contributed by atoms with Crippen LogP contribution in [0.1, 0.15) is 12.5 Å². The van der Waals surface area contributed by atoms with Gasteiger partial charge in [-0.05, 0) is 12.5 Å². The molecular formula is C14H17NO4. The number of carboxylic acids is 1. The zero-order valence-electron chi connectivity index (χ0n) is 10.8. The Balaban J connectivity index is 1.76. The molecule has 0 aromatic heterocycles. The van der Waals surface area contributed by atoms with Crippen molar-refractivity contribution in [3.8, 4) is 0 Å². The smallest absolute Gasteiger partial charge is 0.310 e. The summed E-state index contributed by atoms with van der Waals surface area (Å²) in [6, 6.07) is 9.61. The molecule has 0 spiro atoms. The van der Waals surface area contributed by atoms with E-state index in [4.69, 9.17) is 9.84 Å². The zero-order valence-corrected chi connectivity index (χ0v) is 10.8. The van der Waals surface area contributed by atoms with Gasteiger partial charge in [0.1, 0.15) is 6.10 Å². The summed E-state index contributed by atoms with van der Waals surface area (Å²) in [6.45, 7) is 2.64. The van der Waals surface area contributed by atoms with E-state index in [0.717, 1.165) is 5.56 Å². The summed E-state index contributed by atoms with van der Waals surface area (Å²) < 4.78 is 5.50. The summed E-state index contributed by atoms with van der Waals surface area (Å²) >= 11 is 0. The predicted octanol–water partition coefficient (Wildman–Crippen LogP) is 1.13. The minimum atomic E-state index is -0.845. The molecule has 1 atom stereocenters. The van der Waals surface area contributed by atoms with Crippen LogP contribution in [0, 0.1) is 5.92 Å². The van der Waals surface area contributed by atoms with E-state index in [0.29, 0.717) is 6.61 Å². The SMILES string of the molecule is CC(OCc1ccccc1)C(=O)N1CC(C(=O)O)C1. The van der Waals surface area contributed by atoms with Crippen LogP contribution in [-0.2, 0) is 20.9 Å². The van der Waals surface area contributed by atoms with E-state index < -0.39 is 18.0 Å². The van der Waals surface area contributed by atoms with Gasteiger partial charge in [0.25, 0.3) is 5.91 Å². The molecule has 0 saturated carbocycles. The fraction of sp³-hybridized carbons (Fsp3) is 0.429. The molecule has 5 heteroatoms. The second-order valence-electron chi connectivity index (χ2n) is 4.72. The molecular weight excluding hydrogens is 246 g/mol. The van der Waals surface area contributed by atoms with Gasteiger partial charge < -0.3 is 14.7 Å². The van der Waals surface area contributed by atoms with E-state index in [1.165, 1.54) is 4.90 Å². The molecule has 102 valence electrons. The quantitative estimate of drug-likeness (QED) is 0.865. The number of ether oxygens (including phenoxy) is 1. The van der Waals surface area contributed by atoms with Crippen LogP contribution in [0.4, 0.5) is 0 Å². The lowest BCUT2D eigenvalue weighted by molar-refractivity contribution is -0.158. The Morgan fingerprint density at radius 1 is 1.37 bits per heavy atom. The van der Waals surface area contributed by atoms with Crippen molar-refractivity contribution in [2.75, 3.05) is 13.1 Å². The van der Waals surface area contributed by atoms with Crippen molar-refractivity contribution in [2.45, 2.75) is 19.6 Å². The second-order valence-corrected chi connectivity index (χ2v) is 4.72. The molecule has 0 radical (unpaired) electrons. The lowest BCUT2D eigenvalue weighted by Crippen LogP contribution is -2.55. The average Bonchev–Trinajstić information content (AvgIpc) is 2.34. The van der Waals surface area contributed by atoms with Crippen LogP contribution in [0.15, 0.2) is 30.3 Å². The van der Waals surface area contributed by atoms with E-state index in [1.54, 1.807) is 6.92 Å². The molecule has 1 aromatic carbocycles. The highest BCUT2D eigenvalue weighted by atomic mass is 16.5. The van der Waals surface area contributed by atoms with Crippen LogP contribution in [0.2, 0.25) is 0 Å². The first kappa shape index (κ1) is 13.5. The van der Waals surface area contributed by atoms with E-state index in [1.807, 2.05) is 30.3 Å². The Kier molecular flexibility index (Phi) is 4.16. The summed E-state index contributed by atoms with van der Waals surface area (Å²) in [5.74, 6) is -1.42. The Morgan fingerprint density at radius 2 is 2.00 bits per heavy atom. The average molecular weight is 263 g/mol. The van der Waals surface area contributed by atoms with Gasteiger partial charge in [-0.2, -0.15) is 0 Å². The largest absolute Gasteiger partial charge is 0.481 e. The van der Waals surface area contributed by atoms with Gasteiger partial charge in [0.2, 0.25) is 0 Å². The third-order valence-electron chi connectivity index (χ3n) is 3.23. The lowest BCUT2D eigenvalue weighted by atomic mass is 10.00. The van der Waals surface area contributed by atoms with Gasteiger partial charge in [0, 0.05) is 13.1 Å². The minimum absolute atomic E-state index is 0.145. The fourth-order valence-electron chi connectivity index (χ4n) is 1.94. The number of aliphatic carboxylic acids is 1. The molecule has 0 aliphatic carbocycles. The number of carbonyl (C=O) groups is 2. The monoisotopic (exact) mass is 263 g/mol. The Labute approximate surface area is 111 Å². The second kappa shape index (κ2) is 5.84. The number of nitrogens with zero attached hydrogens (tertiary/aromatic N) is 1. The summed E-state index contributed by atoms with van der Waals surface area (Å²) in [5, 5.41) is 8.75. The maximum absolute atomic E-state index is 11.9. The first-order valence-electron chi connectivity index (χ1n) is 6.25. The maximum atomic E-state index is 11.9. The molecule has 1 N–H and O–H groups in total. The summed E-state index contributed by atoms with van der Waals surface area (Å²) in [6.07, 6.45) is -0.546.